The van der Waals surface area contributed by atoms with E-state index in [0.717, 1.165) is 16.7 Å². The molecule has 0 aliphatic heterocycles. The molecule has 0 fully saturated rings. The summed E-state index contributed by atoms with van der Waals surface area (Å²) in [7, 11) is 0. The molecular weight excluding hydrogens is 408 g/mol. The highest BCUT2D eigenvalue weighted by atomic mass is 79.9. The summed E-state index contributed by atoms with van der Waals surface area (Å²) in [6.45, 7) is 2.70. The third-order valence-corrected chi connectivity index (χ3v) is 4.78. The maximum absolute atomic E-state index is 12.4. The van der Waals surface area contributed by atoms with E-state index < -0.39 is 0 Å². The molecule has 5 nitrogen and oxygen atoms in total. The summed E-state index contributed by atoms with van der Waals surface area (Å²) < 4.78 is 2.13. The number of halogens is 1. The van der Waals surface area contributed by atoms with Crippen molar-refractivity contribution in [3.63, 3.8) is 0 Å². The van der Waals surface area contributed by atoms with Gasteiger partial charge in [0.25, 0.3) is 11.5 Å². The van der Waals surface area contributed by atoms with E-state index in [1.165, 1.54) is 6.07 Å². The Bertz CT molecular complexity index is 1030. The number of hydrogen-bond donors (Lipinski definition) is 2. The summed E-state index contributed by atoms with van der Waals surface area (Å²) in [6, 6.07) is 16.2. The van der Waals surface area contributed by atoms with E-state index in [0.29, 0.717) is 17.6 Å². The molecule has 6 heteroatoms. The molecule has 0 saturated heterocycles. The molecule has 138 valence electrons. The van der Waals surface area contributed by atoms with Gasteiger partial charge in [0.15, 0.2) is 0 Å². The van der Waals surface area contributed by atoms with Crippen molar-refractivity contribution in [3.8, 4) is 5.75 Å². The Kier molecular flexibility index (Phi) is 5.76. The van der Waals surface area contributed by atoms with Gasteiger partial charge in [0, 0.05) is 18.8 Å². The average Bonchev–Trinajstić information content (AvgIpc) is 2.65. The third kappa shape index (κ3) is 4.65. The van der Waals surface area contributed by atoms with E-state index in [1.807, 2.05) is 37.3 Å². The zero-order chi connectivity index (χ0) is 19.4. The van der Waals surface area contributed by atoms with Crippen molar-refractivity contribution < 1.29 is 9.90 Å². The molecule has 0 aliphatic carbocycles. The number of hydrogen-bond acceptors (Lipinski definition) is 3. The molecule has 0 unspecified atom stereocenters. The Hall–Kier alpha value is -2.86. The number of phenolic OH excluding ortho intramolecular Hbond substituents is 1. The Morgan fingerprint density at radius 3 is 2.52 bits per heavy atom. The van der Waals surface area contributed by atoms with Crippen molar-refractivity contribution in [2.75, 3.05) is 0 Å². The number of pyridine rings is 1. The van der Waals surface area contributed by atoms with Gasteiger partial charge in [-0.3, -0.25) is 9.59 Å². The number of phenols is 1. The summed E-state index contributed by atoms with van der Waals surface area (Å²) in [4.78, 5) is 24.1. The van der Waals surface area contributed by atoms with Gasteiger partial charge in [-0.2, -0.15) is 0 Å². The highest BCUT2D eigenvalue weighted by Crippen LogP contribution is 2.29. The fraction of sp³-hybridized carbons (Fsp3) is 0.143. The highest BCUT2D eigenvalue weighted by Gasteiger charge is 2.14. The molecule has 1 aromatic heterocycles. The molecule has 0 atom stereocenters. The van der Waals surface area contributed by atoms with Crippen LogP contribution in [0.5, 0.6) is 5.75 Å². The van der Waals surface area contributed by atoms with Crippen LogP contribution in [0.25, 0.3) is 0 Å². The number of nitrogens with one attached hydrogen (secondary N) is 1. The van der Waals surface area contributed by atoms with Gasteiger partial charge in [-0.15, -0.1) is 0 Å². The lowest BCUT2D eigenvalue weighted by molar-refractivity contribution is 0.0948. The van der Waals surface area contributed by atoms with Gasteiger partial charge in [-0.1, -0.05) is 30.3 Å². The molecule has 3 rings (SSSR count). The molecule has 0 saturated carbocycles. The van der Waals surface area contributed by atoms with E-state index in [9.17, 15) is 14.7 Å². The molecule has 2 aromatic carbocycles. The largest absolute Gasteiger partial charge is 0.506 e. The number of aromatic hydroxyl groups is 1. The van der Waals surface area contributed by atoms with E-state index in [4.69, 9.17) is 0 Å². The van der Waals surface area contributed by atoms with E-state index in [-0.39, 0.29) is 22.8 Å². The fourth-order valence-electron chi connectivity index (χ4n) is 2.74. The maximum Gasteiger partial charge on any atom is 0.255 e. The molecular formula is C21H19BrN2O3. The Morgan fingerprint density at radius 1 is 1.11 bits per heavy atom. The molecule has 0 aliphatic rings. The van der Waals surface area contributed by atoms with Crippen LogP contribution in [0.4, 0.5) is 0 Å². The van der Waals surface area contributed by atoms with Crippen molar-refractivity contribution in [1.29, 1.82) is 0 Å². The highest BCUT2D eigenvalue weighted by molar-refractivity contribution is 9.10. The maximum atomic E-state index is 12.4. The lowest BCUT2D eigenvalue weighted by Gasteiger charge is -2.10. The van der Waals surface area contributed by atoms with Gasteiger partial charge in [0.1, 0.15) is 5.75 Å². The second-order valence-corrected chi connectivity index (χ2v) is 7.16. The minimum atomic E-state index is -0.336. The number of rotatable bonds is 5. The number of nitrogens with zero attached hydrogens (tertiary/aromatic N) is 1. The van der Waals surface area contributed by atoms with Crippen LogP contribution in [0, 0.1) is 6.92 Å². The quantitative estimate of drug-likeness (QED) is 0.654. The first-order valence-corrected chi connectivity index (χ1v) is 9.24. The molecule has 2 N–H and O–H groups in total. The van der Waals surface area contributed by atoms with Crippen LogP contribution in [-0.4, -0.2) is 15.6 Å². The fourth-order valence-corrected chi connectivity index (χ4v) is 3.31. The van der Waals surface area contributed by atoms with Gasteiger partial charge >= 0.3 is 0 Å². The second kappa shape index (κ2) is 8.22. The summed E-state index contributed by atoms with van der Waals surface area (Å²) >= 11 is 3.25. The predicted molar refractivity (Wildman–Crippen MR) is 108 cm³/mol. The number of amides is 1. The van der Waals surface area contributed by atoms with Crippen molar-refractivity contribution in [2.24, 2.45) is 0 Å². The van der Waals surface area contributed by atoms with E-state index in [2.05, 4.69) is 21.2 Å². The first-order chi connectivity index (χ1) is 12.9. The minimum Gasteiger partial charge on any atom is -0.506 e. The summed E-state index contributed by atoms with van der Waals surface area (Å²) in [5.74, 6) is -0.404. The van der Waals surface area contributed by atoms with E-state index >= 15 is 0 Å². The molecule has 0 radical (unpaired) electrons. The van der Waals surface area contributed by atoms with Crippen LogP contribution in [0.15, 0.2) is 70.1 Å². The van der Waals surface area contributed by atoms with E-state index in [1.54, 1.807) is 29.0 Å². The normalized spacial score (nSPS) is 10.6. The topological polar surface area (TPSA) is 71.3 Å². The van der Waals surface area contributed by atoms with Crippen LogP contribution in [0.3, 0.4) is 0 Å². The predicted octanol–water partition coefficient (Wildman–Crippen LogP) is 3.60. The summed E-state index contributed by atoms with van der Waals surface area (Å²) in [5, 5.41) is 12.9. The smallest absolute Gasteiger partial charge is 0.255 e. The lowest BCUT2D eigenvalue weighted by atomic mass is 10.1. The standard InChI is InChI=1S/C21H19BrN2O3/c1-14-10-17(20(26)18(22)11-14)21(27)23-12-15-5-7-16(8-6-15)13-24-9-3-2-4-19(24)25/h2-11,26H,12-13H2,1H3,(H,23,27). The van der Waals surface area contributed by atoms with Crippen LogP contribution in [0.1, 0.15) is 27.0 Å². The molecule has 27 heavy (non-hydrogen) atoms. The average molecular weight is 427 g/mol. The van der Waals surface area contributed by atoms with Crippen LogP contribution in [0.2, 0.25) is 0 Å². The van der Waals surface area contributed by atoms with Crippen LogP contribution < -0.4 is 10.9 Å². The SMILES string of the molecule is Cc1cc(Br)c(O)c(C(=O)NCc2ccc(Cn3ccccc3=O)cc2)c1. The summed E-state index contributed by atoms with van der Waals surface area (Å²) in [6.07, 6.45) is 1.75. The van der Waals surface area contributed by atoms with Gasteiger partial charge in [0.2, 0.25) is 0 Å². The molecule has 3 aromatic rings. The zero-order valence-electron chi connectivity index (χ0n) is 14.8. The number of benzene rings is 2. The Labute approximate surface area is 165 Å². The monoisotopic (exact) mass is 426 g/mol. The van der Waals surface area contributed by atoms with Crippen molar-refractivity contribution in [2.45, 2.75) is 20.0 Å². The minimum absolute atomic E-state index is 0.0436. The van der Waals surface area contributed by atoms with Crippen LogP contribution in [-0.2, 0) is 13.1 Å². The number of aryl methyl sites for hydroxylation is 1. The Morgan fingerprint density at radius 2 is 1.81 bits per heavy atom. The molecule has 1 heterocycles. The number of carbonyl (C=O) groups excluding carboxylic acids is 1. The molecule has 0 spiro atoms. The number of carbonyl (C=O) groups is 1. The first-order valence-electron chi connectivity index (χ1n) is 8.44. The lowest BCUT2D eigenvalue weighted by Crippen LogP contribution is -2.23. The second-order valence-electron chi connectivity index (χ2n) is 6.31. The van der Waals surface area contributed by atoms with Gasteiger partial charge < -0.3 is 15.0 Å². The van der Waals surface area contributed by atoms with Crippen molar-refractivity contribution in [3.05, 3.63) is 97.9 Å². The van der Waals surface area contributed by atoms with Crippen molar-refractivity contribution in [1.82, 2.24) is 9.88 Å². The van der Waals surface area contributed by atoms with Gasteiger partial charge in [0.05, 0.1) is 16.6 Å². The Balaban J connectivity index is 1.64. The van der Waals surface area contributed by atoms with Gasteiger partial charge in [-0.05, 0) is 57.7 Å². The zero-order valence-corrected chi connectivity index (χ0v) is 16.4. The third-order valence-electron chi connectivity index (χ3n) is 4.18. The first kappa shape index (κ1) is 18.9. The van der Waals surface area contributed by atoms with Gasteiger partial charge in [-0.25, -0.2) is 0 Å². The molecule has 1 amide bonds. The van der Waals surface area contributed by atoms with Crippen molar-refractivity contribution >= 4 is 21.8 Å². The number of aromatic nitrogens is 1. The molecule has 0 bridgehead atoms. The summed E-state index contributed by atoms with van der Waals surface area (Å²) in [5.41, 5.74) is 3.00. The van der Waals surface area contributed by atoms with Crippen LogP contribution >= 0.6 is 15.9 Å².